The number of rotatable bonds is 0. The first-order valence-corrected chi connectivity index (χ1v) is 4.57. The molecule has 2 aromatic heterocycles. The number of hydrogen-bond donors (Lipinski definition) is 1. The fourth-order valence-corrected chi connectivity index (χ4v) is 2.05. The molecule has 0 atom stereocenters. The molecule has 0 bridgehead atoms. The lowest BCUT2D eigenvalue weighted by Crippen LogP contribution is -2.11. The largest absolute Gasteiger partial charge is 0.278 e. The Labute approximate surface area is 82.3 Å². The predicted octanol–water partition coefficient (Wildman–Crippen LogP) is 2.10. The number of fused-ring (bicyclic) bond motifs is 1. The molecule has 12 heavy (non-hydrogen) atoms. The maximum atomic E-state index is 5.93. The number of hydrogen-bond acceptors (Lipinski definition) is 1. The number of halogens is 2. The van der Waals surface area contributed by atoms with Crippen LogP contribution in [0.4, 0.5) is 0 Å². The summed E-state index contributed by atoms with van der Waals surface area (Å²) in [5, 5.41) is 1.40. The molecule has 3 nitrogen and oxygen atoms in total. The number of aromatic nitrogens is 3. The van der Waals surface area contributed by atoms with Gasteiger partial charge in [0.2, 0.25) is 16.6 Å². The number of H-pyrrole nitrogens is 2. The first-order chi connectivity index (χ1) is 5.68. The van der Waals surface area contributed by atoms with Gasteiger partial charge >= 0.3 is 0 Å². The van der Waals surface area contributed by atoms with E-state index >= 15 is 0 Å². The van der Waals surface area contributed by atoms with Crippen molar-refractivity contribution < 1.29 is 4.98 Å². The minimum absolute atomic E-state index is 0.509. The van der Waals surface area contributed by atoms with Gasteiger partial charge in [-0.2, -0.15) is 0 Å². The van der Waals surface area contributed by atoms with Gasteiger partial charge in [0.05, 0.1) is 10.7 Å². The zero-order valence-electron chi connectivity index (χ0n) is 6.28. The molecule has 0 aliphatic heterocycles. The van der Waals surface area contributed by atoms with Gasteiger partial charge in [0.25, 0.3) is 0 Å². The summed E-state index contributed by atoms with van der Waals surface area (Å²) in [6.45, 7) is 1.86. The summed E-state index contributed by atoms with van der Waals surface area (Å²) in [6.07, 6.45) is 1.83. The van der Waals surface area contributed by atoms with Crippen LogP contribution in [0.15, 0.2) is 10.7 Å². The molecule has 2 N–H and O–H groups in total. The number of nitrogens with one attached hydrogen (secondary N) is 2. The molecule has 0 aromatic carbocycles. The average Bonchev–Trinajstić information content (AvgIpc) is 2.31. The molecule has 5 heteroatoms. The van der Waals surface area contributed by atoms with Gasteiger partial charge in [-0.3, -0.25) is 4.98 Å². The van der Waals surface area contributed by atoms with Crippen LogP contribution in [-0.4, -0.2) is 9.97 Å². The van der Waals surface area contributed by atoms with E-state index in [2.05, 4.69) is 30.9 Å². The van der Waals surface area contributed by atoms with Crippen LogP contribution in [0.2, 0.25) is 5.15 Å². The Morgan fingerprint density at radius 1 is 1.67 bits per heavy atom. The molecule has 0 unspecified atom stereocenters. The van der Waals surface area contributed by atoms with E-state index in [1.807, 2.05) is 13.1 Å². The van der Waals surface area contributed by atoms with Crippen LogP contribution in [0, 0.1) is 6.92 Å². The van der Waals surface area contributed by atoms with Crippen molar-refractivity contribution in [2.75, 3.05) is 0 Å². The Kier molecular flexibility index (Phi) is 1.81. The van der Waals surface area contributed by atoms with Gasteiger partial charge in [0.1, 0.15) is 5.39 Å². The maximum Gasteiger partial charge on any atom is 0.236 e. The smallest absolute Gasteiger partial charge is 0.236 e. The summed E-state index contributed by atoms with van der Waals surface area (Å²) < 4.78 is 0.922. The van der Waals surface area contributed by atoms with Crippen molar-refractivity contribution in [3.8, 4) is 0 Å². The molecule has 62 valence electrons. The third-order valence-electron chi connectivity index (χ3n) is 1.61. The fraction of sp³-hybridized carbons (Fsp3) is 0.143. The molecule has 0 amide bonds. The van der Waals surface area contributed by atoms with Crippen molar-refractivity contribution in [3.05, 3.63) is 21.6 Å². The van der Waals surface area contributed by atoms with Gasteiger partial charge in [-0.1, -0.05) is 4.98 Å². The van der Waals surface area contributed by atoms with E-state index in [1.54, 1.807) is 0 Å². The predicted molar refractivity (Wildman–Crippen MR) is 50.1 cm³/mol. The molecular weight excluding hydrogens is 241 g/mol. The molecule has 0 spiro atoms. The fourth-order valence-electron chi connectivity index (χ4n) is 1.11. The number of nitrogens with zero attached hydrogens (tertiary/aromatic N) is 1. The zero-order chi connectivity index (χ0) is 8.72. The van der Waals surface area contributed by atoms with Crippen LogP contribution in [0.25, 0.3) is 11.0 Å². The highest BCUT2D eigenvalue weighted by Gasteiger charge is 2.13. The summed E-state index contributed by atoms with van der Waals surface area (Å²) in [5.41, 5.74) is 0.888. The van der Waals surface area contributed by atoms with Crippen LogP contribution in [0.3, 0.4) is 0 Å². The molecule has 0 fully saturated rings. The second kappa shape index (κ2) is 2.71. The third kappa shape index (κ3) is 1.11. The van der Waals surface area contributed by atoms with Crippen molar-refractivity contribution in [3.63, 3.8) is 0 Å². The van der Waals surface area contributed by atoms with Gasteiger partial charge in [0, 0.05) is 6.92 Å². The van der Waals surface area contributed by atoms with Crippen LogP contribution < -0.4 is 4.98 Å². The summed E-state index contributed by atoms with van der Waals surface area (Å²) in [7, 11) is 0. The lowest BCUT2D eigenvalue weighted by Gasteiger charge is -1.89. The Morgan fingerprint density at radius 3 is 3.17 bits per heavy atom. The quantitative estimate of drug-likeness (QED) is 0.712. The lowest BCUT2D eigenvalue weighted by atomic mass is 10.4. The first-order valence-electron chi connectivity index (χ1n) is 3.40. The summed E-state index contributed by atoms with van der Waals surface area (Å²) >= 11 is 9.29. The van der Waals surface area contributed by atoms with E-state index in [1.165, 1.54) is 0 Å². The van der Waals surface area contributed by atoms with E-state index in [9.17, 15) is 0 Å². The summed E-state index contributed by atoms with van der Waals surface area (Å²) in [5.74, 6) is 0.793. The number of aromatic amines is 2. The first kappa shape index (κ1) is 8.01. The Bertz CT molecular complexity index is 437. The second-order valence-corrected chi connectivity index (χ2v) is 3.71. The average molecular weight is 248 g/mol. The molecule has 2 aromatic rings. The highest BCUT2D eigenvalue weighted by Crippen LogP contribution is 2.26. The monoisotopic (exact) mass is 246 g/mol. The number of aryl methyl sites for hydroxylation is 1. The Morgan fingerprint density at radius 2 is 2.42 bits per heavy atom. The van der Waals surface area contributed by atoms with Gasteiger partial charge in [-0.25, -0.2) is 4.98 Å². The van der Waals surface area contributed by atoms with E-state index < -0.39 is 0 Å². The van der Waals surface area contributed by atoms with Crippen LogP contribution in [0.1, 0.15) is 5.82 Å². The Balaban J connectivity index is 2.93. The zero-order valence-corrected chi connectivity index (χ0v) is 8.62. The van der Waals surface area contributed by atoms with Crippen molar-refractivity contribution in [1.82, 2.24) is 9.97 Å². The summed E-state index contributed by atoms with van der Waals surface area (Å²) in [4.78, 5) is 10.2. The Hall–Kier alpha value is -0.610. The standard InChI is InChI=1S/C7H5BrClN3/c1-3-11-6(9)5-4(8)2-10-7(5)12-3/h2H,1H3,(H,10,11,12)/p+1. The maximum absolute atomic E-state index is 5.93. The van der Waals surface area contributed by atoms with Gasteiger partial charge < -0.3 is 0 Å². The normalized spacial score (nSPS) is 10.9. The third-order valence-corrected chi connectivity index (χ3v) is 2.51. The van der Waals surface area contributed by atoms with Crippen LogP contribution >= 0.6 is 27.5 Å². The van der Waals surface area contributed by atoms with Crippen LogP contribution in [0.5, 0.6) is 0 Å². The van der Waals surface area contributed by atoms with E-state index in [0.717, 1.165) is 21.3 Å². The van der Waals surface area contributed by atoms with Gasteiger partial charge in [0.15, 0.2) is 0 Å². The topological polar surface area (TPSA) is 42.8 Å². The van der Waals surface area contributed by atoms with E-state index in [4.69, 9.17) is 11.6 Å². The van der Waals surface area contributed by atoms with Crippen molar-refractivity contribution in [2.24, 2.45) is 0 Å². The molecular formula is C7H6BrClN3+. The van der Waals surface area contributed by atoms with Crippen LogP contribution in [-0.2, 0) is 0 Å². The molecule has 2 heterocycles. The highest BCUT2D eigenvalue weighted by atomic mass is 79.9. The molecule has 0 radical (unpaired) electrons. The highest BCUT2D eigenvalue weighted by molar-refractivity contribution is 9.10. The lowest BCUT2D eigenvalue weighted by molar-refractivity contribution is -0.362. The molecule has 0 aliphatic carbocycles. The van der Waals surface area contributed by atoms with Gasteiger partial charge in [-0.05, 0) is 27.5 Å². The molecule has 0 saturated heterocycles. The molecule has 0 aliphatic rings. The van der Waals surface area contributed by atoms with Gasteiger partial charge in [-0.15, -0.1) is 0 Å². The summed E-state index contributed by atoms with van der Waals surface area (Å²) in [6, 6.07) is 0. The SMILES string of the molecule is Cc1nc(Cl)c2c(Br)c[nH]c2[nH+]1. The minimum Gasteiger partial charge on any atom is -0.278 e. The molecule has 0 saturated carbocycles. The van der Waals surface area contributed by atoms with Crippen molar-refractivity contribution >= 4 is 38.6 Å². The molecule has 2 rings (SSSR count). The van der Waals surface area contributed by atoms with Crippen molar-refractivity contribution in [2.45, 2.75) is 6.92 Å². The minimum atomic E-state index is 0.509. The second-order valence-electron chi connectivity index (χ2n) is 2.50. The van der Waals surface area contributed by atoms with Crippen molar-refractivity contribution in [1.29, 1.82) is 0 Å². The van der Waals surface area contributed by atoms with E-state index in [0.29, 0.717) is 5.15 Å². The van der Waals surface area contributed by atoms with E-state index in [-0.39, 0.29) is 0 Å².